The number of Topliss-reactive ketones (excluding diaryl/α,β-unsaturated/α-hetero) is 1. The molecule has 1 aromatic carbocycles. The number of ether oxygens (including phenoxy) is 2. The molecule has 0 aliphatic carbocycles. The molecule has 2 aromatic heterocycles. The second-order valence-corrected chi connectivity index (χ2v) is 14.2. The third-order valence-electron chi connectivity index (χ3n) is 10.7. The maximum atomic E-state index is 15.4. The number of benzene rings is 1. The molecule has 3 saturated heterocycles. The quantitative estimate of drug-likeness (QED) is 0.200. The number of aryl methyl sites for hydroxylation is 1. The largest absolute Gasteiger partial charge is 0.461 e. The van der Waals surface area contributed by atoms with E-state index in [0.29, 0.717) is 61.7 Å². The van der Waals surface area contributed by atoms with Gasteiger partial charge in [-0.15, -0.1) is 0 Å². The van der Waals surface area contributed by atoms with Crippen molar-refractivity contribution in [2.75, 3.05) is 43.4 Å². The van der Waals surface area contributed by atoms with Gasteiger partial charge in [0.15, 0.2) is 5.82 Å². The molecule has 0 bridgehead atoms. The number of nitrogens with one attached hydrogen (secondary N) is 1. The molecule has 0 radical (unpaired) electrons. The number of halogens is 6. The van der Waals surface area contributed by atoms with Crippen LogP contribution in [0, 0.1) is 5.82 Å². The smallest absolute Gasteiger partial charge is 0.416 e. The van der Waals surface area contributed by atoms with E-state index in [-0.39, 0.29) is 54.7 Å². The molecule has 0 amide bonds. The summed E-state index contributed by atoms with van der Waals surface area (Å²) in [6.07, 6.45) is -4.11. The molecule has 50 heavy (non-hydrogen) atoms. The Hall–Kier alpha value is -3.60. The van der Waals surface area contributed by atoms with Crippen molar-refractivity contribution >= 4 is 28.9 Å². The lowest BCUT2D eigenvalue weighted by Gasteiger charge is -2.33. The van der Waals surface area contributed by atoms with Crippen molar-refractivity contribution in [3.05, 3.63) is 56.7 Å². The maximum Gasteiger partial charge on any atom is 0.416 e. The van der Waals surface area contributed by atoms with Gasteiger partial charge in [0.05, 0.1) is 58.5 Å². The van der Waals surface area contributed by atoms with E-state index in [2.05, 4.69) is 20.3 Å². The Morgan fingerprint density at radius 3 is 2.78 bits per heavy atom. The lowest BCUT2D eigenvalue weighted by molar-refractivity contribution is -0.140. The Labute approximate surface area is 289 Å². The molecule has 5 aliphatic rings. The van der Waals surface area contributed by atoms with Gasteiger partial charge in [0.2, 0.25) is 5.78 Å². The molecule has 5 aliphatic heterocycles. The number of nitrogen functional groups attached to an aromatic ring is 1. The summed E-state index contributed by atoms with van der Waals surface area (Å²) < 4.78 is 86.1. The summed E-state index contributed by atoms with van der Waals surface area (Å²) in [5, 5.41) is 7.90. The minimum atomic E-state index is -4.86. The maximum absolute atomic E-state index is 15.4. The lowest BCUT2D eigenvalue weighted by atomic mass is 9.94. The number of nitrogens with zero attached hydrogens (tertiary/aromatic N) is 6. The predicted octanol–water partition coefficient (Wildman–Crippen LogP) is 4.79. The van der Waals surface area contributed by atoms with Crippen molar-refractivity contribution in [1.82, 2.24) is 30.0 Å². The van der Waals surface area contributed by atoms with E-state index in [1.165, 1.54) is 0 Å². The molecular weight excluding hydrogens is 687 g/mol. The number of nitrogens with two attached hydrogens (primary N) is 1. The molecule has 268 valence electrons. The molecule has 4 atom stereocenters. The summed E-state index contributed by atoms with van der Waals surface area (Å²) >= 11 is 6.80. The summed E-state index contributed by atoms with van der Waals surface area (Å²) in [5.74, 6) is -0.945. The summed E-state index contributed by atoms with van der Waals surface area (Å²) in [6, 6.07) is 1.29. The van der Waals surface area contributed by atoms with Gasteiger partial charge in [0.1, 0.15) is 24.3 Å². The number of aromatic nitrogens is 4. The van der Waals surface area contributed by atoms with Crippen LogP contribution in [-0.2, 0) is 37.0 Å². The van der Waals surface area contributed by atoms with Gasteiger partial charge in [0, 0.05) is 43.6 Å². The third kappa shape index (κ3) is 5.77. The van der Waals surface area contributed by atoms with E-state index in [4.69, 9.17) is 31.8 Å². The van der Waals surface area contributed by atoms with E-state index in [9.17, 15) is 22.4 Å². The van der Waals surface area contributed by atoms with E-state index in [1.807, 2.05) is 4.90 Å². The van der Waals surface area contributed by atoms with E-state index in [1.54, 1.807) is 4.68 Å². The predicted molar refractivity (Wildman–Crippen MR) is 171 cm³/mol. The van der Waals surface area contributed by atoms with Gasteiger partial charge in [-0.2, -0.15) is 28.2 Å². The summed E-state index contributed by atoms with van der Waals surface area (Å²) in [6.45, 7) is 2.94. The molecule has 1 unspecified atom stereocenters. The number of carbonyl (C=O) groups is 1. The van der Waals surface area contributed by atoms with Crippen molar-refractivity contribution in [3.63, 3.8) is 0 Å². The number of anilines is 2. The van der Waals surface area contributed by atoms with Crippen molar-refractivity contribution in [2.45, 2.75) is 88.3 Å². The fourth-order valence-corrected chi connectivity index (χ4v) is 8.35. The Morgan fingerprint density at radius 1 is 1.20 bits per heavy atom. The molecule has 3 N–H and O–H groups in total. The van der Waals surface area contributed by atoms with Crippen LogP contribution in [0.5, 0.6) is 6.01 Å². The van der Waals surface area contributed by atoms with Crippen molar-refractivity contribution in [3.8, 4) is 6.01 Å². The number of carbonyl (C=O) groups excluding carboxylic acids is 1. The fraction of sp³-hybridized carbons (Fsp3) is 0.576. The Balaban J connectivity index is 1.16. The van der Waals surface area contributed by atoms with Crippen molar-refractivity contribution < 1.29 is 36.2 Å². The van der Waals surface area contributed by atoms with E-state index >= 15 is 4.39 Å². The number of ketones is 1. The van der Waals surface area contributed by atoms with Gasteiger partial charge < -0.3 is 25.4 Å². The van der Waals surface area contributed by atoms with E-state index < -0.39 is 46.6 Å². The number of hydrogen-bond donors (Lipinski definition) is 2. The van der Waals surface area contributed by atoms with Crippen LogP contribution in [-0.4, -0.2) is 81.0 Å². The molecule has 17 heteroatoms. The van der Waals surface area contributed by atoms with Crippen LogP contribution in [0.25, 0.3) is 0 Å². The fourth-order valence-electron chi connectivity index (χ4n) is 8.06. The van der Waals surface area contributed by atoms with Gasteiger partial charge in [0.25, 0.3) is 0 Å². The van der Waals surface area contributed by atoms with Crippen LogP contribution >= 0.6 is 11.6 Å². The topological polar surface area (TPSA) is 124 Å². The zero-order chi connectivity index (χ0) is 34.9. The zero-order valence-corrected chi connectivity index (χ0v) is 27.8. The lowest BCUT2D eigenvalue weighted by Crippen LogP contribution is -2.48. The molecule has 11 nitrogen and oxygen atoms in total. The van der Waals surface area contributed by atoms with Gasteiger partial charge in [-0.05, 0) is 50.9 Å². The highest BCUT2D eigenvalue weighted by molar-refractivity contribution is 6.34. The van der Waals surface area contributed by atoms with Crippen molar-refractivity contribution in [2.24, 2.45) is 0 Å². The minimum Gasteiger partial charge on any atom is -0.461 e. The standard InChI is InChI=1S/C33H36ClF5N8O3/c34-26-23-14-45(8-2-10-47(23)44-28(26)29(48)21-5-7-41-21)30-18-15-49-24(25-19(33(37,38)39)3-4-20(40)27(25)36)11-22(18)42-31(43-30)50-16-32-6-1-9-46(32)13-17(35)12-32/h3-4,17,21,24,41H,1-2,5-16,40H2/t17-,21?,24+,32+/m1/s1. The summed E-state index contributed by atoms with van der Waals surface area (Å²) in [7, 11) is 0. The second kappa shape index (κ2) is 12.6. The first kappa shape index (κ1) is 33.5. The molecule has 0 spiro atoms. The molecule has 8 rings (SSSR count). The Morgan fingerprint density at radius 2 is 2.02 bits per heavy atom. The monoisotopic (exact) mass is 722 g/mol. The zero-order valence-electron chi connectivity index (χ0n) is 27.0. The van der Waals surface area contributed by atoms with Crippen LogP contribution in [0.4, 0.5) is 33.5 Å². The van der Waals surface area contributed by atoms with Gasteiger partial charge >= 0.3 is 12.2 Å². The number of fused-ring (bicyclic) bond motifs is 3. The van der Waals surface area contributed by atoms with Crippen molar-refractivity contribution in [1.29, 1.82) is 0 Å². The summed E-state index contributed by atoms with van der Waals surface area (Å²) in [5.41, 5.74) is 4.59. The average molecular weight is 723 g/mol. The van der Waals surface area contributed by atoms with E-state index in [0.717, 1.165) is 38.1 Å². The van der Waals surface area contributed by atoms with Crippen LogP contribution in [0.2, 0.25) is 5.02 Å². The highest BCUT2D eigenvalue weighted by Crippen LogP contribution is 2.44. The number of rotatable bonds is 7. The van der Waals surface area contributed by atoms with Crippen LogP contribution in [0.3, 0.4) is 0 Å². The Bertz CT molecular complexity index is 1840. The normalized spacial score (nSPS) is 26.6. The van der Waals surface area contributed by atoms with Crippen LogP contribution in [0.15, 0.2) is 12.1 Å². The van der Waals surface area contributed by atoms with Gasteiger partial charge in [-0.3, -0.25) is 14.4 Å². The first-order valence-corrected chi connectivity index (χ1v) is 17.3. The number of hydrogen-bond acceptors (Lipinski definition) is 10. The first-order chi connectivity index (χ1) is 23.9. The van der Waals surface area contributed by atoms with Gasteiger partial charge in [-0.25, -0.2) is 8.78 Å². The van der Waals surface area contributed by atoms with Crippen LogP contribution in [0.1, 0.15) is 76.8 Å². The summed E-state index contributed by atoms with van der Waals surface area (Å²) in [4.78, 5) is 26.6. The molecule has 3 fully saturated rings. The Kier molecular flexibility index (Phi) is 8.43. The second-order valence-electron chi connectivity index (χ2n) is 13.8. The molecule has 7 heterocycles. The van der Waals surface area contributed by atoms with Crippen LogP contribution < -0.4 is 20.7 Å². The highest BCUT2D eigenvalue weighted by Gasteiger charge is 2.49. The third-order valence-corrected chi connectivity index (χ3v) is 11.1. The molecular formula is C33H36ClF5N8O3. The number of alkyl halides is 4. The molecule has 0 saturated carbocycles. The SMILES string of the molecule is Nc1ccc(C(F)(F)F)c([C@@H]2Cc3nc(OC[C@@]45CCCN4C[C@H](F)C5)nc(N4CCCn5nc(C(=O)C6CCN6)c(Cl)c5C4)c3CO2)c1F. The molecule has 3 aromatic rings. The average Bonchev–Trinajstić information content (AvgIpc) is 3.61. The minimum absolute atomic E-state index is 0.0252. The highest BCUT2D eigenvalue weighted by atomic mass is 35.5. The first-order valence-electron chi connectivity index (χ1n) is 16.9. The van der Waals surface area contributed by atoms with Gasteiger partial charge in [-0.1, -0.05) is 11.6 Å².